The number of H-pyrrole nitrogens is 2. The van der Waals surface area contributed by atoms with Gasteiger partial charge in [-0.25, -0.2) is 0 Å². The van der Waals surface area contributed by atoms with E-state index in [-0.39, 0.29) is 0 Å². The van der Waals surface area contributed by atoms with Crippen molar-refractivity contribution in [3.8, 4) is 0 Å². The Kier molecular flexibility index (Phi) is 3.92. The molecule has 2 rings (SSSR count). The second-order valence-electron chi connectivity index (χ2n) is 4.55. The van der Waals surface area contributed by atoms with Crippen molar-refractivity contribution >= 4 is 24.8 Å². The van der Waals surface area contributed by atoms with Gasteiger partial charge in [-0.15, -0.1) is 0 Å². The minimum atomic E-state index is 0.538. The summed E-state index contributed by atoms with van der Waals surface area (Å²) in [6.45, 7) is 2.28. The first-order valence-electron chi connectivity index (χ1n) is 5.77. The van der Waals surface area contributed by atoms with Crippen LogP contribution in [0.2, 0.25) is 0 Å². The average molecular weight is 254 g/mol. The molecule has 0 fully saturated rings. The first-order valence-corrected chi connectivity index (χ1v) is 6.81. The molecule has 88 valence electrons. The van der Waals surface area contributed by atoms with Crippen molar-refractivity contribution in [2.75, 3.05) is 5.75 Å². The second kappa shape index (κ2) is 5.23. The molecule has 2 unspecified atom stereocenters. The summed E-state index contributed by atoms with van der Waals surface area (Å²) in [4.78, 5) is 6.27. The van der Waals surface area contributed by atoms with Gasteiger partial charge in [0.25, 0.3) is 0 Å². The van der Waals surface area contributed by atoms with Gasteiger partial charge in [0.05, 0.1) is 0 Å². The largest absolute Gasteiger partial charge is 0.337 e. The predicted molar refractivity (Wildman–Crippen MR) is 73.7 cm³/mol. The minimum Gasteiger partial charge on any atom is -0.337 e. The first kappa shape index (κ1) is 12.0. The molecular weight excluding hydrogens is 236 g/mol. The fourth-order valence-corrected chi connectivity index (χ4v) is 2.86. The third kappa shape index (κ3) is 2.61. The van der Waals surface area contributed by atoms with Crippen LogP contribution in [-0.2, 0) is 0 Å². The Labute approximate surface area is 107 Å². The molecule has 0 saturated carbocycles. The summed E-state index contributed by atoms with van der Waals surface area (Å²) in [6.07, 6.45) is 7.98. The highest BCUT2D eigenvalue weighted by molar-refractivity contribution is 7.80. The highest BCUT2D eigenvalue weighted by Gasteiger charge is 2.22. The zero-order chi connectivity index (χ0) is 11.5. The Morgan fingerprint density at radius 1 is 1.62 bits per heavy atom. The van der Waals surface area contributed by atoms with E-state index in [0.717, 1.165) is 10.5 Å². The molecule has 0 radical (unpaired) electrons. The fraction of sp³-hybridized carbons (Fsp3) is 0.583. The highest BCUT2D eigenvalue weighted by atomic mass is 32.1. The molecule has 0 saturated heterocycles. The van der Waals surface area contributed by atoms with E-state index >= 15 is 0 Å². The van der Waals surface area contributed by atoms with E-state index < -0.39 is 0 Å². The maximum absolute atomic E-state index is 5.06. The molecule has 4 heteroatoms. The third-order valence-electron chi connectivity index (χ3n) is 3.51. The maximum Gasteiger partial charge on any atom is 0.174 e. The Hall–Kier alpha value is -0.480. The number of rotatable bonds is 3. The Balaban J connectivity index is 2.08. The summed E-state index contributed by atoms with van der Waals surface area (Å²) in [7, 11) is 0. The molecule has 0 amide bonds. The number of nitrogens with one attached hydrogen (secondary N) is 2. The SMILES string of the molecule is CC(c1c[nH]c(=S)[nH]1)C1CCC=C(CS)C1. The molecule has 1 heterocycles. The number of hydrogen-bond donors (Lipinski definition) is 3. The third-order valence-corrected chi connectivity index (χ3v) is 4.14. The van der Waals surface area contributed by atoms with Crippen molar-refractivity contribution in [3.05, 3.63) is 28.3 Å². The standard InChI is InChI=1S/C12H18N2S2/c1-8(11-6-13-12(16)14-11)10-4-2-3-9(5-10)7-15/h3,6,8,10,15H,2,4-5,7H2,1H3,(H2,13,14,16). The van der Waals surface area contributed by atoms with Crippen molar-refractivity contribution < 1.29 is 0 Å². The number of hydrogen-bond acceptors (Lipinski definition) is 2. The lowest BCUT2D eigenvalue weighted by Crippen LogP contribution is -2.15. The molecule has 0 spiro atoms. The Morgan fingerprint density at radius 2 is 2.44 bits per heavy atom. The van der Waals surface area contributed by atoms with Crippen LogP contribution in [0.1, 0.15) is 37.8 Å². The lowest BCUT2D eigenvalue weighted by Gasteiger charge is -2.27. The topological polar surface area (TPSA) is 31.6 Å². The van der Waals surface area contributed by atoms with Gasteiger partial charge in [-0.2, -0.15) is 12.6 Å². The second-order valence-corrected chi connectivity index (χ2v) is 5.27. The lowest BCUT2D eigenvalue weighted by molar-refractivity contribution is 0.395. The van der Waals surface area contributed by atoms with E-state index in [1.165, 1.54) is 30.5 Å². The van der Waals surface area contributed by atoms with Gasteiger partial charge in [0.1, 0.15) is 0 Å². The van der Waals surface area contributed by atoms with E-state index in [1.807, 2.05) is 6.20 Å². The summed E-state index contributed by atoms with van der Waals surface area (Å²) < 4.78 is 0.725. The van der Waals surface area contributed by atoms with Gasteiger partial charge in [0.2, 0.25) is 0 Å². The number of thiol groups is 1. The molecule has 1 aromatic heterocycles. The average Bonchev–Trinajstić information content (AvgIpc) is 2.75. The van der Waals surface area contributed by atoms with Gasteiger partial charge in [-0.3, -0.25) is 0 Å². The molecule has 0 bridgehead atoms. The fourth-order valence-electron chi connectivity index (χ4n) is 2.43. The van der Waals surface area contributed by atoms with Crippen LogP contribution >= 0.6 is 24.8 Å². The number of allylic oxidation sites excluding steroid dienone is 1. The van der Waals surface area contributed by atoms with E-state index in [0.29, 0.717) is 11.8 Å². The van der Waals surface area contributed by atoms with Gasteiger partial charge in [-0.05, 0) is 37.4 Å². The summed E-state index contributed by atoms with van der Waals surface area (Å²) in [5, 5.41) is 0. The van der Waals surface area contributed by atoms with Gasteiger partial charge in [-0.1, -0.05) is 18.6 Å². The molecular formula is C12H18N2S2. The molecule has 2 N–H and O–H groups in total. The van der Waals surface area contributed by atoms with Crippen LogP contribution in [0, 0.1) is 10.7 Å². The molecule has 16 heavy (non-hydrogen) atoms. The van der Waals surface area contributed by atoms with E-state index in [2.05, 4.69) is 35.6 Å². The molecule has 1 aliphatic rings. The van der Waals surface area contributed by atoms with Crippen LogP contribution in [0.3, 0.4) is 0 Å². The van der Waals surface area contributed by atoms with Crippen LogP contribution in [0.5, 0.6) is 0 Å². The van der Waals surface area contributed by atoms with Crippen molar-refractivity contribution in [2.24, 2.45) is 5.92 Å². The molecule has 1 aromatic rings. The van der Waals surface area contributed by atoms with Crippen molar-refractivity contribution in [1.82, 2.24) is 9.97 Å². The monoisotopic (exact) mass is 254 g/mol. The maximum atomic E-state index is 5.06. The first-order chi connectivity index (χ1) is 7.70. The summed E-state index contributed by atoms with van der Waals surface area (Å²) in [5.41, 5.74) is 2.72. The van der Waals surface area contributed by atoms with Crippen molar-refractivity contribution in [2.45, 2.75) is 32.1 Å². The molecule has 0 aromatic carbocycles. The van der Waals surface area contributed by atoms with E-state index in [1.54, 1.807) is 0 Å². The number of aromatic amines is 2. The van der Waals surface area contributed by atoms with Crippen LogP contribution in [0.25, 0.3) is 0 Å². The van der Waals surface area contributed by atoms with E-state index in [9.17, 15) is 0 Å². The van der Waals surface area contributed by atoms with Crippen LogP contribution < -0.4 is 0 Å². The predicted octanol–water partition coefficient (Wildman–Crippen LogP) is 3.83. The lowest BCUT2D eigenvalue weighted by atomic mass is 9.80. The zero-order valence-electron chi connectivity index (χ0n) is 9.49. The Morgan fingerprint density at radius 3 is 3.06 bits per heavy atom. The van der Waals surface area contributed by atoms with Crippen LogP contribution in [-0.4, -0.2) is 15.7 Å². The summed E-state index contributed by atoms with van der Waals surface area (Å²) in [5.74, 6) is 2.15. The molecule has 0 aliphatic heterocycles. The summed E-state index contributed by atoms with van der Waals surface area (Å²) in [6, 6.07) is 0. The minimum absolute atomic E-state index is 0.538. The van der Waals surface area contributed by atoms with Gasteiger partial charge in [0, 0.05) is 23.6 Å². The number of aromatic nitrogens is 2. The van der Waals surface area contributed by atoms with Crippen LogP contribution in [0.15, 0.2) is 17.8 Å². The highest BCUT2D eigenvalue weighted by Crippen LogP contribution is 2.35. The Bertz CT molecular complexity index is 430. The number of imidazole rings is 1. The normalized spacial score (nSPS) is 22.9. The molecule has 2 nitrogen and oxygen atoms in total. The molecule has 2 atom stereocenters. The van der Waals surface area contributed by atoms with Gasteiger partial charge in [0.15, 0.2) is 4.77 Å². The zero-order valence-corrected chi connectivity index (χ0v) is 11.2. The van der Waals surface area contributed by atoms with Crippen molar-refractivity contribution in [1.29, 1.82) is 0 Å². The smallest absolute Gasteiger partial charge is 0.174 e. The van der Waals surface area contributed by atoms with E-state index in [4.69, 9.17) is 12.2 Å². The van der Waals surface area contributed by atoms with Gasteiger partial charge >= 0.3 is 0 Å². The van der Waals surface area contributed by atoms with Gasteiger partial charge < -0.3 is 9.97 Å². The summed E-state index contributed by atoms with van der Waals surface area (Å²) >= 11 is 9.43. The van der Waals surface area contributed by atoms with Crippen LogP contribution in [0.4, 0.5) is 0 Å². The molecule has 1 aliphatic carbocycles. The van der Waals surface area contributed by atoms with Crippen molar-refractivity contribution in [3.63, 3.8) is 0 Å². The quantitative estimate of drug-likeness (QED) is 0.427.